The van der Waals surface area contributed by atoms with E-state index >= 15 is 0 Å². The van der Waals surface area contributed by atoms with E-state index in [1.165, 1.54) is 22.3 Å². The van der Waals surface area contributed by atoms with Crippen LogP contribution >= 0.6 is 0 Å². The normalized spacial score (nSPS) is 12.5. The van der Waals surface area contributed by atoms with Gasteiger partial charge >= 0.3 is 0 Å². The maximum Gasteiger partial charge on any atom is 0.0533 e. The van der Waals surface area contributed by atoms with Crippen LogP contribution in [0.4, 0.5) is 0 Å². The van der Waals surface area contributed by atoms with E-state index in [0.29, 0.717) is 6.04 Å². The number of hydrogen-bond donors (Lipinski definition) is 1. The van der Waals surface area contributed by atoms with Crippen LogP contribution in [0.5, 0.6) is 0 Å². The fourth-order valence-electron chi connectivity index (χ4n) is 1.99. The van der Waals surface area contributed by atoms with Crippen molar-refractivity contribution in [1.29, 1.82) is 0 Å². The summed E-state index contributed by atoms with van der Waals surface area (Å²) < 4.78 is 0. The summed E-state index contributed by atoms with van der Waals surface area (Å²) in [5.74, 6) is 0. The first kappa shape index (κ1) is 13.0. The van der Waals surface area contributed by atoms with E-state index in [1.807, 2.05) is 0 Å². The Hall–Kier alpha value is -1.08. The van der Waals surface area contributed by atoms with Crippen molar-refractivity contribution in [2.24, 2.45) is 0 Å². The van der Waals surface area contributed by atoms with Crippen molar-refractivity contribution in [3.8, 4) is 0 Å². The van der Waals surface area contributed by atoms with Crippen LogP contribution < -0.4 is 5.32 Å². The number of aryl methyl sites for hydroxylation is 2. The highest BCUT2D eigenvalue weighted by molar-refractivity contribution is 5.36. The first-order valence-corrected chi connectivity index (χ1v) is 6.02. The molecule has 1 nitrogen and oxygen atoms in total. The van der Waals surface area contributed by atoms with Crippen LogP contribution in [-0.4, -0.2) is 6.54 Å². The molecule has 1 atom stereocenters. The highest BCUT2D eigenvalue weighted by Crippen LogP contribution is 2.24. The maximum atomic E-state index is 4.09. The Morgan fingerprint density at radius 2 is 2.06 bits per heavy atom. The minimum absolute atomic E-state index is 0.292. The van der Waals surface area contributed by atoms with Crippen LogP contribution in [0.15, 0.2) is 30.4 Å². The lowest BCUT2D eigenvalue weighted by Gasteiger charge is -2.21. The predicted molar refractivity (Wildman–Crippen MR) is 71.8 cm³/mol. The molecule has 0 aliphatic heterocycles. The van der Waals surface area contributed by atoms with Crippen molar-refractivity contribution >= 4 is 0 Å². The smallest absolute Gasteiger partial charge is 0.0533 e. The van der Waals surface area contributed by atoms with Gasteiger partial charge in [0.2, 0.25) is 0 Å². The lowest BCUT2D eigenvalue weighted by atomic mass is 9.95. The molecule has 0 radical (unpaired) electrons. The molecule has 1 N–H and O–H groups in total. The predicted octanol–water partition coefficient (Wildman–Crippen LogP) is 3.92. The zero-order valence-corrected chi connectivity index (χ0v) is 10.9. The molecule has 0 aliphatic carbocycles. The van der Waals surface area contributed by atoms with Crippen LogP contribution in [0.2, 0.25) is 0 Å². The molecule has 1 aromatic carbocycles. The summed E-state index contributed by atoms with van der Waals surface area (Å²) in [5.41, 5.74) is 5.20. The lowest BCUT2D eigenvalue weighted by Crippen LogP contribution is -2.23. The summed E-state index contributed by atoms with van der Waals surface area (Å²) >= 11 is 0. The van der Waals surface area contributed by atoms with Gasteiger partial charge in [-0.2, -0.15) is 0 Å². The number of benzene rings is 1. The minimum Gasteiger partial charge on any atom is -0.307 e. The van der Waals surface area contributed by atoms with E-state index < -0.39 is 0 Å². The summed E-state index contributed by atoms with van der Waals surface area (Å²) in [5, 5.41) is 3.55. The van der Waals surface area contributed by atoms with Gasteiger partial charge in [-0.1, -0.05) is 42.8 Å². The SMILES string of the molecule is C=C(C)C(NCCC)c1ccc(C)cc1C. The van der Waals surface area contributed by atoms with Crippen molar-refractivity contribution in [1.82, 2.24) is 5.32 Å². The van der Waals surface area contributed by atoms with Crippen LogP contribution in [0.3, 0.4) is 0 Å². The summed E-state index contributed by atoms with van der Waals surface area (Å²) in [6, 6.07) is 6.91. The van der Waals surface area contributed by atoms with Crippen molar-refractivity contribution in [3.63, 3.8) is 0 Å². The molecule has 0 amide bonds. The fraction of sp³-hybridized carbons (Fsp3) is 0.467. The van der Waals surface area contributed by atoms with Gasteiger partial charge in [-0.25, -0.2) is 0 Å². The molecule has 0 aromatic heterocycles. The van der Waals surface area contributed by atoms with E-state index in [-0.39, 0.29) is 0 Å². The third-order valence-electron chi connectivity index (χ3n) is 2.83. The molecule has 1 unspecified atom stereocenters. The van der Waals surface area contributed by atoms with Gasteiger partial charge in [-0.15, -0.1) is 0 Å². The Morgan fingerprint density at radius 3 is 2.56 bits per heavy atom. The average molecular weight is 217 g/mol. The number of hydrogen-bond acceptors (Lipinski definition) is 1. The van der Waals surface area contributed by atoms with Gasteiger partial charge in [-0.05, 0) is 44.9 Å². The maximum absolute atomic E-state index is 4.09. The van der Waals surface area contributed by atoms with Crippen LogP contribution in [0.25, 0.3) is 0 Å². The molecule has 1 heteroatoms. The molecule has 0 saturated carbocycles. The molecule has 0 aliphatic rings. The second-order valence-electron chi connectivity index (χ2n) is 4.59. The second-order valence-corrected chi connectivity index (χ2v) is 4.59. The first-order chi connectivity index (χ1) is 7.56. The van der Waals surface area contributed by atoms with E-state index in [9.17, 15) is 0 Å². The Labute approximate surface area is 99.6 Å². The van der Waals surface area contributed by atoms with Gasteiger partial charge in [0.05, 0.1) is 6.04 Å². The van der Waals surface area contributed by atoms with Crippen molar-refractivity contribution < 1.29 is 0 Å². The Bertz CT molecular complexity index is 366. The topological polar surface area (TPSA) is 12.0 Å². The average Bonchev–Trinajstić information content (AvgIpc) is 2.20. The Morgan fingerprint density at radius 1 is 1.38 bits per heavy atom. The van der Waals surface area contributed by atoms with E-state index in [2.05, 4.69) is 57.8 Å². The molecule has 1 aromatic rings. The van der Waals surface area contributed by atoms with Gasteiger partial charge in [0.25, 0.3) is 0 Å². The summed E-state index contributed by atoms with van der Waals surface area (Å²) in [4.78, 5) is 0. The standard InChI is InChI=1S/C15H23N/c1-6-9-16-15(11(2)3)14-8-7-12(4)10-13(14)5/h7-8,10,15-16H,2,6,9H2,1,3-5H3. The fourth-order valence-corrected chi connectivity index (χ4v) is 1.99. The van der Waals surface area contributed by atoms with Gasteiger partial charge in [0.1, 0.15) is 0 Å². The first-order valence-electron chi connectivity index (χ1n) is 6.02. The van der Waals surface area contributed by atoms with Crippen LogP contribution in [0, 0.1) is 13.8 Å². The Kier molecular flexibility index (Phi) is 4.75. The summed E-state index contributed by atoms with van der Waals surface area (Å²) in [6.07, 6.45) is 1.15. The quantitative estimate of drug-likeness (QED) is 0.737. The molecular formula is C15H23N. The number of nitrogens with one attached hydrogen (secondary N) is 1. The van der Waals surface area contributed by atoms with Crippen LogP contribution in [-0.2, 0) is 0 Å². The Balaban J connectivity index is 2.96. The molecule has 0 fully saturated rings. The molecule has 0 saturated heterocycles. The number of rotatable bonds is 5. The highest BCUT2D eigenvalue weighted by Gasteiger charge is 2.13. The monoisotopic (exact) mass is 217 g/mol. The zero-order chi connectivity index (χ0) is 12.1. The summed E-state index contributed by atoms with van der Waals surface area (Å²) in [6.45, 7) is 13.7. The second kappa shape index (κ2) is 5.86. The molecule has 0 spiro atoms. The third-order valence-corrected chi connectivity index (χ3v) is 2.83. The minimum atomic E-state index is 0.292. The van der Waals surface area contributed by atoms with Gasteiger partial charge < -0.3 is 5.32 Å². The van der Waals surface area contributed by atoms with Gasteiger partial charge in [-0.3, -0.25) is 0 Å². The van der Waals surface area contributed by atoms with Crippen molar-refractivity contribution in [2.45, 2.75) is 40.2 Å². The van der Waals surface area contributed by atoms with E-state index in [0.717, 1.165) is 13.0 Å². The molecule has 0 bridgehead atoms. The van der Waals surface area contributed by atoms with E-state index in [1.54, 1.807) is 0 Å². The molecule has 16 heavy (non-hydrogen) atoms. The highest BCUT2D eigenvalue weighted by atomic mass is 14.9. The zero-order valence-electron chi connectivity index (χ0n) is 10.9. The molecule has 88 valence electrons. The van der Waals surface area contributed by atoms with Crippen LogP contribution in [0.1, 0.15) is 43.0 Å². The molecule has 1 rings (SSSR count). The summed E-state index contributed by atoms with van der Waals surface area (Å²) in [7, 11) is 0. The van der Waals surface area contributed by atoms with Gasteiger partial charge in [0, 0.05) is 0 Å². The molecular weight excluding hydrogens is 194 g/mol. The molecule has 0 heterocycles. The lowest BCUT2D eigenvalue weighted by molar-refractivity contribution is 0.589. The van der Waals surface area contributed by atoms with Gasteiger partial charge in [0.15, 0.2) is 0 Å². The third kappa shape index (κ3) is 3.21. The van der Waals surface area contributed by atoms with E-state index in [4.69, 9.17) is 0 Å². The van der Waals surface area contributed by atoms with Crippen molar-refractivity contribution in [2.75, 3.05) is 6.54 Å². The van der Waals surface area contributed by atoms with Crippen molar-refractivity contribution in [3.05, 3.63) is 47.0 Å². The largest absolute Gasteiger partial charge is 0.307 e.